The molecule has 0 radical (unpaired) electrons. The van der Waals surface area contributed by atoms with Crippen molar-refractivity contribution in [2.45, 2.75) is 32.4 Å². The van der Waals surface area contributed by atoms with Crippen molar-refractivity contribution in [2.75, 3.05) is 33.9 Å². The minimum absolute atomic E-state index is 0.142. The number of hydrogen-bond acceptors (Lipinski definition) is 4. The maximum absolute atomic E-state index is 12.1. The van der Waals surface area contributed by atoms with Gasteiger partial charge in [0.2, 0.25) is 0 Å². The van der Waals surface area contributed by atoms with Gasteiger partial charge in [0.15, 0.2) is 0 Å². The minimum atomic E-state index is -0.727. The number of nitrogens with zero attached hydrogens (tertiary/aromatic N) is 3. The third kappa shape index (κ3) is 5.16. The summed E-state index contributed by atoms with van der Waals surface area (Å²) < 4.78 is 10.6. The highest BCUT2D eigenvalue weighted by molar-refractivity contribution is 5.91. The average molecular weight is 285 g/mol. The maximum Gasteiger partial charge on any atom is 0.411 e. The molecule has 1 heterocycles. The molecule has 0 aliphatic carbocycles. The number of ether oxygens (including phenoxy) is 2. The van der Waals surface area contributed by atoms with Crippen LogP contribution in [0.1, 0.15) is 20.8 Å². The Bertz CT molecular complexity index is 388. The Kier molecular flexibility index (Phi) is 5.50. The fraction of sp³-hybridized carbons (Fsp3) is 0.769. The van der Waals surface area contributed by atoms with E-state index in [4.69, 9.17) is 9.47 Å². The summed E-state index contributed by atoms with van der Waals surface area (Å²) in [5.41, 5.74) is -0.601. The topological polar surface area (TPSA) is 71.4 Å². The van der Waals surface area contributed by atoms with E-state index in [0.29, 0.717) is 13.2 Å². The Hall–Kier alpha value is -1.63. The zero-order valence-corrected chi connectivity index (χ0v) is 12.8. The van der Waals surface area contributed by atoms with Crippen LogP contribution in [0.15, 0.2) is 4.99 Å². The molecule has 1 aliphatic heterocycles. The number of hydrogen-bond donors (Lipinski definition) is 0. The molecule has 114 valence electrons. The van der Waals surface area contributed by atoms with E-state index in [-0.39, 0.29) is 6.61 Å². The van der Waals surface area contributed by atoms with Crippen molar-refractivity contribution in [3.63, 3.8) is 0 Å². The molecule has 0 bridgehead atoms. The summed E-state index contributed by atoms with van der Waals surface area (Å²) in [5, 5.41) is 0. The summed E-state index contributed by atoms with van der Waals surface area (Å²) in [6, 6.07) is -0.727. The highest BCUT2D eigenvalue weighted by Crippen LogP contribution is 2.15. The van der Waals surface area contributed by atoms with E-state index < -0.39 is 23.6 Å². The van der Waals surface area contributed by atoms with Crippen LogP contribution >= 0.6 is 0 Å². The Morgan fingerprint density at radius 3 is 2.60 bits per heavy atom. The second-order valence-electron chi connectivity index (χ2n) is 5.81. The van der Waals surface area contributed by atoms with Gasteiger partial charge in [-0.1, -0.05) is 0 Å². The van der Waals surface area contributed by atoms with Crippen LogP contribution in [0.5, 0.6) is 0 Å². The Morgan fingerprint density at radius 1 is 1.40 bits per heavy atom. The van der Waals surface area contributed by atoms with Crippen LogP contribution in [0.4, 0.5) is 4.79 Å². The first-order chi connectivity index (χ1) is 9.20. The molecule has 7 heteroatoms. The summed E-state index contributed by atoms with van der Waals surface area (Å²) in [6.07, 6.45) is 0.892. The predicted molar refractivity (Wildman–Crippen MR) is 74.7 cm³/mol. The first-order valence-electron chi connectivity index (χ1n) is 6.52. The molecule has 1 aliphatic rings. The van der Waals surface area contributed by atoms with Crippen molar-refractivity contribution in [3.05, 3.63) is 0 Å². The Balaban J connectivity index is 2.76. The lowest BCUT2D eigenvalue weighted by Gasteiger charge is -2.34. The van der Waals surface area contributed by atoms with Gasteiger partial charge in [0.1, 0.15) is 11.6 Å². The van der Waals surface area contributed by atoms with Gasteiger partial charge in [-0.25, -0.2) is 9.79 Å². The molecule has 20 heavy (non-hydrogen) atoms. The zero-order chi connectivity index (χ0) is 15.3. The van der Waals surface area contributed by atoms with Gasteiger partial charge in [-0.2, -0.15) is 0 Å². The molecule has 0 aromatic rings. The number of morpholine rings is 1. The van der Waals surface area contributed by atoms with E-state index in [1.54, 1.807) is 39.8 Å². The van der Waals surface area contributed by atoms with E-state index in [1.165, 1.54) is 11.2 Å². The fourth-order valence-electron chi connectivity index (χ4n) is 1.61. The molecule has 0 N–H and O–H groups in total. The van der Waals surface area contributed by atoms with E-state index in [2.05, 4.69) is 4.99 Å². The van der Waals surface area contributed by atoms with Gasteiger partial charge in [0, 0.05) is 20.6 Å². The first kappa shape index (κ1) is 16.4. The molecule has 1 rings (SSSR count). The van der Waals surface area contributed by atoms with Crippen LogP contribution in [0.2, 0.25) is 0 Å². The molecule has 1 atom stereocenters. The molecule has 2 amide bonds. The lowest BCUT2D eigenvalue weighted by Crippen LogP contribution is -2.53. The maximum atomic E-state index is 12.1. The van der Waals surface area contributed by atoms with Gasteiger partial charge < -0.3 is 14.4 Å². The van der Waals surface area contributed by atoms with Gasteiger partial charge in [-0.15, -0.1) is 0 Å². The van der Waals surface area contributed by atoms with E-state index in [0.717, 1.165) is 0 Å². The van der Waals surface area contributed by atoms with E-state index in [1.807, 2.05) is 0 Å². The van der Waals surface area contributed by atoms with Crippen LogP contribution < -0.4 is 0 Å². The smallest absolute Gasteiger partial charge is 0.411 e. The van der Waals surface area contributed by atoms with Crippen LogP contribution in [0, 0.1) is 0 Å². The molecular formula is C13H23N3O4. The molecule has 0 aromatic heterocycles. The van der Waals surface area contributed by atoms with Crippen LogP contribution in [-0.2, 0) is 14.3 Å². The molecular weight excluding hydrogens is 262 g/mol. The number of aliphatic imine (C=N–C) groups is 1. The van der Waals surface area contributed by atoms with E-state index >= 15 is 0 Å². The lowest BCUT2D eigenvalue weighted by molar-refractivity contribution is -0.128. The molecule has 7 nitrogen and oxygen atoms in total. The monoisotopic (exact) mass is 285 g/mol. The number of carbonyl (C=O) groups excluding carboxylic acids is 2. The summed E-state index contributed by atoms with van der Waals surface area (Å²) in [6.45, 7) is 6.21. The van der Waals surface area contributed by atoms with Crippen molar-refractivity contribution in [1.29, 1.82) is 0 Å². The Labute approximate surface area is 119 Å². The van der Waals surface area contributed by atoms with Gasteiger partial charge >= 0.3 is 6.09 Å². The molecule has 0 aromatic carbocycles. The van der Waals surface area contributed by atoms with Gasteiger partial charge in [-0.3, -0.25) is 9.69 Å². The van der Waals surface area contributed by atoms with Crippen molar-refractivity contribution >= 4 is 18.3 Å². The molecule has 0 spiro atoms. The van der Waals surface area contributed by atoms with Crippen molar-refractivity contribution in [3.8, 4) is 0 Å². The minimum Gasteiger partial charge on any atom is -0.444 e. The molecule has 0 saturated carbocycles. The summed E-state index contributed by atoms with van der Waals surface area (Å²) in [4.78, 5) is 31.0. The summed E-state index contributed by atoms with van der Waals surface area (Å²) >= 11 is 0. The van der Waals surface area contributed by atoms with Crippen molar-refractivity contribution < 1.29 is 19.1 Å². The third-order valence-corrected chi connectivity index (χ3v) is 2.46. The zero-order valence-electron chi connectivity index (χ0n) is 12.8. The van der Waals surface area contributed by atoms with Crippen LogP contribution in [-0.4, -0.2) is 73.6 Å². The fourth-order valence-corrected chi connectivity index (χ4v) is 1.61. The van der Waals surface area contributed by atoms with Gasteiger partial charge in [0.25, 0.3) is 5.91 Å². The van der Waals surface area contributed by atoms with Crippen molar-refractivity contribution in [1.82, 2.24) is 9.80 Å². The van der Waals surface area contributed by atoms with Crippen LogP contribution in [0.25, 0.3) is 0 Å². The number of amides is 2. The predicted octanol–water partition coefficient (Wildman–Crippen LogP) is 0.739. The number of carbonyl (C=O) groups is 2. The SMILES string of the molecule is CN(C)C=NC(=O)C1COCCN1C(=O)OC(C)(C)C. The molecule has 1 fully saturated rings. The average Bonchev–Trinajstić information content (AvgIpc) is 2.33. The second-order valence-corrected chi connectivity index (χ2v) is 5.81. The molecule has 1 saturated heterocycles. The quantitative estimate of drug-likeness (QED) is 0.553. The normalized spacial score (nSPS) is 20.1. The Morgan fingerprint density at radius 2 is 2.05 bits per heavy atom. The second kappa shape index (κ2) is 6.69. The van der Waals surface area contributed by atoms with Crippen LogP contribution in [0.3, 0.4) is 0 Å². The molecule has 1 unspecified atom stereocenters. The highest BCUT2D eigenvalue weighted by Gasteiger charge is 2.35. The summed E-state index contributed by atoms with van der Waals surface area (Å²) in [7, 11) is 3.53. The van der Waals surface area contributed by atoms with Gasteiger partial charge in [-0.05, 0) is 20.8 Å². The summed E-state index contributed by atoms with van der Waals surface area (Å²) in [5.74, 6) is -0.413. The number of rotatable bonds is 2. The van der Waals surface area contributed by atoms with Crippen molar-refractivity contribution in [2.24, 2.45) is 4.99 Å². The first-order valence-corrected chi connectivity index (χ1v) is 6.52. The van der Waals surface area contributed by atoms with Gasteiger partial charge in [0.05, 0.1) is 19.6 Å². The third-order valence-electron chi connectivity index (χ3n) is 2.46. The largest absolute Gasteiger partial charge is 0.444 e. The standard InChI is InChI=1S/C13H23N3O4/c1-13(2,3)20-12(18)16-6-7-19-8-10(16)11(17)14-9-15(4)5/h9-10H,6-8H2,1-5H3. The highest BCUT2D eigenvalue weighted by atomic mass is 16.6. The lowest BCUT2D eigenvalue weighted by atomic mass is 10.2. The van der Waals surface area contributed by atoms with E-state index in [9.17, 15) is 9.59 Å².